The number of carbonyl (C=O) groups excluding carboxylic acids is 1. The molecule has 0 aliphatic rings. The van der Waals surface area contributed by atoms with Gasteiger partial charge in [-0.05, 0) is 61.1 Å². The number of nitrogens with zero attached hydrogens (tertiary/aromatic N) is 2. The summed E-state index contributed by atoms with van der Waals surface area (Å²) < 4.78 is 38.6. The second-order valence-corrected chi connectivity index (χ2v) is 9.79. The van der Waals surface area contributed by atoms with Crippen LogP contribution in [0.1, 0.15) is 15.9 Å². The van der Waals surface area contributed by atoms with Crippen LogP contribution in [0.5, 0.6) is 11.9 Å². The van der Waals surface area contributed by atoms with Crippen molar-refractivity contribution in [2.45, 2.75) is 11.8 Å². The van der Waals surface area contributed by atoms with Crippen LogP contribution < -0.4 is 24.8 Å². The average Bonchev–Trinajstić information content (AvgIpc) is 2.80. The van der Waals surface area contributed by atoms with Gasteiger partial charge in [0.2, 0.25) is 5.88 Å². The summed E-state index contributed by atoms with van der Waals surface area (Å²) in [6.07, 6.45) is 0. The lowest BCUT2D eigenvalue weighted by Gasteiger charge is -2.12. The van der Waals surface area contributed by atoms with Gasteiger partial charge in [-0.1, -0.05) is 22.0 Å². The standard InChI is InChI=1S/C21H20BrN5O5S2/c1-12-4-5-13(22)10-16(12)19(28)26-21(33)23-14-6-8-15(9-7-14)34(29,30)27-17-11-18(31-2)25-20(24-17)32-3/h4-11H,1-3H3,(H,24,25,27)(H2,23,26,28,33). The molecule has 3 rings (SSSR count). The number of hydrogen-bond acceptors (Lipinski definition) is 8. The molecule has 0 aliphatic carbocycles. The van der Waals surface area contributed by atoms with Gasteiger partial charge in [0.1, 0.15) is 0 Å². The van der Waals surface area contributed by atoms with E-state index in [1.807, 2.05) is 19.1 Å². The number of sulfonamides is 1. The summed E-state index contributed by atoms with van der Waals surface area (Å²) in [5.74, 6) is -0.245. The molecule has 0 saturated carbocycles. The van der Waals surface area contributed by atoms with E-state index in [1.54, 1.807) is 6.07 Å². The Kier molecular flexibility index (Phi) is 8.02. The van der Waals surface area contributed by atoms with Crippen molar-refractivity contribution in [2.24, 2.45) is 0 Å². The van der Waals surface area contributed by atoms with Crippen LogP contribution >= 0.6 is 28.1 Å². The Morgan fingerprint density at radius 2 is 1.74 bits per heavy atom. The van der Waals surface area contributed by atoms with E-state index in [1.165, 1.54) is 44.6 Å². The van der Waals surface area contributed by atoms with Gasteiger partial charge >= 0.3 is 6.01 Å². The molecule has 2 aromatic carbocycles. The second kappa shape index (κ2) is 10.8. The van der Waals surface area contributed by atoms with E-state index < -0.39 is 10.0 Å². The van der Waals surface area contributed by atoms with Gasteiger partial charge in [-0.2, -0.15) is 9.97 Å². The van der Waals surface area contributed by atoms with Crippen LogP contribution in [0.3, 0.4) is 0 Å². The maximum Gasteiger partial charge on any atom is 0.321 e. The molecule has 0 fully saturated rings. The Hall–Kier alpha value is -3.29. The molecule has 3 aromatic rings. The maximum atomic E-state index is 12.7. The number of aryl methyl sites for hydroxylation is 1. The second-order valence-electron chi connectivity index (χ2n) is 6.78. The summed E-state index contributed by atoms with van der Waals surface area (Å²) in [7, 11) is -1.22. The van der Waals surface area contributed by atoms with Crippen molar-refractivity contribution in [3.05, 3.63) is 64.1 Å². The summed E-state index contributed by atoms with van der Waals surface area (Å²) in [4.78, 5) is 20.3. The third-order valence-electron chi connectivity index (χ3n) is 4.41. The molecule has 13 heteroatoms. The molecule has 1 heterocycles. The number of anilines is 2. The molecular formula is C21H20BrN5O5S2. The Bertz CT molecular complexity index is 1310. The number of benzene rings is 2. The van der Waals surface area contributed by atoms with E-state index in [-0.39, 0.29) is 33.6 Å². The maximum absolute atomic E-state index is 12.7. The molecule has 34 heavy (non-hydrogen) atoms. The zero-order valence-electron chi connectivity index (χ0n) is 18.2. The normalized spacial score (nSPS) is 10.8. The summed E-state index contributed by atoms with van der Waals surface area (Å²) in [6.45, 7) is 1.82. The summed E-state index contributed by atoms with van der Waals surface area (Å²) in [5.41, 5.74) is 1.76. The smallest absolute Gasteiger partial charge is 0.321 e. The minimum Gasteiger partial charge on any atom is -0.481 e. The lowest BCUT2D eigenvalue weighted by Crippen LogP contribution is -2.34. The largest absolute Gasteiger partial charge is 0.481 e. The van der Waals surface area contributed by atoms with Gasteiger partial charge in [0.05, 0.1) is 19.1 Å². The number of nitrogens with one attached hydrogen (secondary N) is 3. The quantitative estimate of drug-likeness (QED) is 0.368. The van der Waals surface area contributed by atoms with Gasteiger partial charge in [-0.25, -0.2) is 8.42 Å². The average molecular weight is 566 g/mol. The van der Waals surface area contributed by atoms with Crippen molar-refractivity contribution in [2.75, 3.05) is 24.3 Å². The molecule has 0 saturated heterocycles. The van der Waals surface area contributed by atoms with Crippen LogP contribution in [0.2, 0.25) is 0 Å². The molecule has 0 spiro atoms. The third kappa shape index (κ3) is 6.40. The topological polar surface area (TPSA) is 132 Å². The number of rotatable bonds is 7. The summed E-state index contributed by atoms with van der Waals surface area (Å²) in [5, 5.41) is 5.53. The zero-order chi connectivity index (χ0) is 24.9. The first-order chi connectivity index (χ1) is 16.1. The molecular weight excluding hydrogens is 546 g/mol. The highest BCUT2D eigenvalue weighted by Crippen LogP contribution is 2.22. The van der Waals surface area contributed by atoms with Crippen molar-refractivity contribution in [1.82, 2.24) is 15.3 Å². The van der Waals surface area contributed by atoms with Gasteiger partial charge in [0.15, 0.2) is 10.9 Å². The molecule has 3 N–H and O–H groups in total. The number of carbonyl (C=O) groups is 1. The van der Waals surface area contributed by atoms with Crippen molar-refractivity contribution >= 4 is 60.7 Å². The van der Waals surface area contributed by atoms with Gasteiger partial charge in [0, 0.05) is 21.8 Å². The molecule has 0 bridgehead atoms. The highest BCUT2D eigenvalue weighted by atomic mass is 79.9. The first-order valence-electron chi connectivity index (χ1n) is 9.59. The fourth-order valence-electron chi connectivity index (χ4n) is 2.74. The predicted molar refractivity (Wildman–Crippen MR) is 135 cm³/mol. The molecule has 0 unspecified atom stereocenters. The number of thiocarbonyl (C=S) groups is 1. The lowest BCUT2D eigenvalue weighted by atomic mass is 10.1. The van der Waals surface area contributed by atoms with Crippen LogP contribution in [0, 0.1) is 6.92 Å². The Morgan fingerprint density at radius 3 is 2.38 bits per heavy atom. The first kappa shape index (κ1) is 25.3. The number of ether oxygens (including phenoxy) is 2. The third-order valence-corrected chi connectivity index (χ3v) is 6.47. The van der Waals surface area contributed by atoms with Crippen LogP contribution in [0.4, 0.5) is 11.5 Å². The van der Waals surface area contributed by atoms with Gasteiger partial charge in [-0.3, -0.25) is 14.8 Å². The minimum absolute atomic E-state index is 0.0161. The first-order valence-corrected chi connectivity index (χ1v) is 12.3. The van der Waals surface area contributed by atoms with E-state index in [9.17, 15) is 13.2 Å². The predicted octanol–water partition coefficient (Wildman–Crippen LogP) is 3.49. The Balaban J connectivity index is 1.68. The number of halogens is 1. The van der Waals surface area contributed by atoms with Crippen LogP contribution in [-0.2, 0) is 10.0 Å². The Morgan fingerprint density at radius 1 is 1.03 bits per heavy atom. The highest BCUT2D eigenvalue weighted by Gasteiger charge is 2.17. The molecule has 1 aromatic heterocycles. The van der Waals surface area contributed by atoms with Crippen LogP contribution in [0.25, 0.3) is 0 Å². The lowest BCUT2D eigenvalue weighted by molar-refractivity contribution is 0.0977. The van der Waals surface area contributed by atoms with Gasteiger partial charge in [-0.15, -0.1) is 0 Å². The van der Waals surface area contributed by atoms with E-state index in [0.717, 1.165) is 10.0 Å². The number of amides is 1. The summed E-state index contributed by atoms with van der Waals surface area (Å²) in [6, 6.07) is 12.4. The molecule has 10 nitrogen and oxygen atoms in total. The van der Waals surface area contributed by atoms with Crippen molar-refractivity contribution in [3.8, 4) is 11.9 Å². The SMILES string of the molecule is COc1cc(NS(=O)(=O)c2ccc(NC(=S)NC(=O)c3cc(Br)ccc3C)cc2)nc(OC)n1. The Labute approximate surface area is 210 Å². The van der Waals surface area contributed by atoms with Crippen molar-refractivity contribution in [3.63, 3.8) is 0 Å². The monoisotopic (exact) mass is 565 g/mol. The zero-order valence-corrected chi connectivity index (χ0v) is 21.5. The van der Waals surface area contributed by atoms with E-state index in [2.05, 4.69) is 41.3 Å². The molecule has 178 valence electrons. The van der Waals surface area contributed by atoms with E-state index >= 15 is 0 Å². The van der Waals surface area contributed by atoms with Crippen molar-refractivity contribution < 1.29 is 22.7 Å². The van der Waals surface area contributed by atoms with E-state index in [0.29, 0.717) is 11.3 Å². The van der Waals surface area contributed by atoms with E-state index in [4.69, 9.17) is 21.7 Å². The fraction of sp³-hybridized carbons (Fsp3) is 0.143. The molecule has 0 atom stereocenters. The van der Waals surface area contributed by atoms with Crippen LogP contribution in [0.15, 0.2) is 57.9 Å². The fourth-order valence-corrected chi connectivity index (χ4v) is 4.30. The number of methoxy groups -OCH3 is 2. The molecule has 0 aliphatic heterocycles. The minimum atomic E-state index is -3.96. The number of hydrogen-bond donors (Lipinski definition) is 3. The van der Waals surface area contributed by atoms with Gasteiger partial charge < -0.3 is 14.8 Å². The van der Waals surface area contributed by atoms with Gasteiger partial charge in [0.25, 0.3) is 15.9 Å². The number of aromatic nitrogens is 2. The molecule has 1 amide bonds. The summed E-state index contributed by atoms with van der Waals surface area (Å²) >= 11 is 8.55. The van der Waals surface area contributed by atoms with Crippen molar-refractivity contribution in [1.29, 1.82) is 0 Å². The van der Waals surface area contributed by atoms with Crippen LogP contribution in [-0.4, -0.2) is 43.6 Å². The molecule has 0 radical (unpaired) electrons. The highest BCUT2D eigenvalue weighted by molar-refractivity contribution is 9.10.